The molecule has 0 saturated heterocycles. The molecule has 6 aromatic carbocycles. The molecule has 0 aliphatic carbocycles. The molecule has 0 fully saturated rings. The summed E-state index contributed by atoms with van der Waals surface area (Å²) >= 11 is 0. The van der Waals surface area contributed by atoms with Crippen LogP contribution < -0.4 is 36.3 Å². The molecule has 0 amide bonds. The Balaban J connectivity index is 1.28. The zero-order valence-electron chi connectivity index (χ0n) is 33.5. The average molecular weight is 707 g/mol. The summed E-state index contributed by atoms with van der Waals surface area (Å²) in [4.78, 5) is 2.65. The van der Waals surface area contributed by atoms with E-state index in [1.165, 1.54) is 77.6 Å². The molecule has 4 aliphatic rings. The van der Waals surface area contributed by atoms with Crippen LogP contribution in [0.3, 0.4) is 0 Å². The molecule has 268 valence electrons. The van der Waals surface area contributed by atoms with Crippen molar-refractivity contribution >= 4 is 57.7 Å². The molecule has 6 aromatic rings. The second-order valence-electron chi connectivity index (χ2n) is 19.2. The van der Waals surface area contributed by atoms with E-state index in [1.807, 2.05) is 0 Å². The van der Waals surface area contributed by atoms with E-state index >= 15 is 0 Å². The van der Waals surface area contributed by atoms with Gasteiger partial charge < -0.3 is 9.47 Å². The number of hydrogen-bond donors (Lipinski definition) is 0. The molecule has 0 unspecified atom stereocenters. The lowest BCUT2D eigenvalue weighted by Crippen LogP contribution is -2.66. The third kappa shape index (κ3) is 4.68. The molecule has 0 aromatic heterocycles. The van der Waals surface area contributed by atoms with Gasteiger partial charge in [-0.05, 0) is 122 Å². The van der Waals surface area contributed by atoms with Crippen molar-refractivity contribution in [3.05, 3.63) is 119 Å². The van der Waals surface area contributed by atoms with E-state index < -0.39 is 0 Å². The molecule has 0 saturated carbocycles. The van der Waals surface area contributed by atoms with Gasteiger partial charge in [-0.2, -0.15) is 0 Å². The maximum absolute atomic E-state index is 7.19. The fraction of sp³-hybridized carbons (Fsp3) is 0.292. The van der Waals surface area contributed by atoms with E-state index in [0.29, 0.717) is 0 Å². The molecule has 6 heteroatoms. The van der Waals surface area contributed by atoms with Gasteiger partial charge in [0.1, 0.15) is 23.0 Å². The molecule has 54 heavy (non-hydrogen) atoms. The Morgan fingerprint density at radius 1 is 0.519 bits per heavy atom. The Bertz CT molecular complexity index is 2600. The molecule has 0 spiro atoms. The van der Waals surface area contributed by atoms with Crippen LogP contribution in [0, 0.1) is 13.8 Å². The van der Waals surface area contributed by atoms with Gasteiger partial charge in [0.15, 0.2) is 0 Å². The molecule has 4 heterocycles. The van der Waals surface area contributed by atoms with Gasteiger partial charge in [-0.3, -0.25) is 9.84 Å². The van der Waals surface area contributed by atoms with E-state index in [-0.39, 0.29) is 29.9 Å². The Morgan fingerprint density at radius 2 is 1.07 bits per heavy atom. The minimum Gasteiger partial charge on any atom is -0.458 e. The second-order valence-corrected chi connectivity index (χ2v) is 19.2. The van der Waals surface area contributed by atoms with Crippen LogP contribution in [0.5, 0.6) is 23.0 Å². The SMILES string of the molecule is Cc1cccc(C)c1-c1ccc2c3c4c(cc2c1)N1c2cc(C(C)(C)C)cc5c2B(c2ccc(C(C)(C)C)cc2O5)N1B4c1ccc(C(C)(C)C)cc1O3. The van der Waals surface area contributed by atoms with Crippen LogP contribution in [0.2, 0.25) is 0 Å². The van der Waals surface area contributed by atoms with E-state index in [4.69, 9.17) is 9.47 Å². The quantitative estimate of drug-likeness (QED) is 0.159. The van der Waals surface area contributed by atoms with Crippen LogP contribution in [0.25, 0.3) is 21.9 Å². The Kier molecular flexibility index (Phi) is 6.76. The molecule has 4 aliphatic heterocycles. The lowest BCUT2D eigenvalue weighted by Gasteiger charge is -2.35. The van der Waals surface area contributed by atoms with Gasteiger partial charge in [0.05, 0.1) is 11.4 Å². The Labute approximate surface area is 321 Å². The maximum atomic E-state index is 7.19. The number of aryl methyl sites for hydroxylation is 2. The summed E-state index contributed by atoms with van der Waals surface area (Å²) in [6.45, 7) is 24.9. The summed E-state index contributed by atoms with van der Waals surface area (Å²) in [6, 6.07) is 34.6. The summed E-state index contributed by atoms with van der Waals surface area (Å²) in [5, 5.41) is 4.85. The zero-order valence-corrected chi connectivity index (χ0v) is 33.5. The summed E-state index contributed by atoms with van der Waals surface area (Å²) in [6.07, 6.45) is 0. The normalized spacial score (nSPS) is 15.4. The highest BCUT2D eigenvalue weighted by molar-refractivity contribution is 7.02. The van der Waals surface area contributed by atoms with Gasteiger partial charge in [0.2, 0.25) is 0 Å². The summed E-state index contributed by atoms with van der Waals surface area (Å²) < 4.78 is 14.2. The van der Waals surface area contributed by atoms with E-state index in [1.54, 1.807) is 0 Å². The number of rotatable bonds is 1. The van der Waals surface area contributed by atoms with E-state index in [9.17, 15) is 0 Å². The first-order chi connectivity index (χ1) is 25.5. The monoisotopic (exact) mass is 706 g/mol. The number of anilines is 2. The van der Waals surface area contributed by atoms with Gasteiger partial charge in [0, 0.05) is 16.3 Å². The van der Waals surface area contributed by atoms with Gasteiger partial charge in [-0.1, -0.05) is 117 Å². The third-order valence-corrected chi connectivity index (χ3v) is 12.4. The van der Waals surface area contributed by atoms with Crippen molar-refractivity contribution in [2.24, 2.45) is 0 Å². The predicted molar refractivity (Wildman–Crippen MR) is 228 cm³/mol. The fourth-order valence-corrected chi connectivity index (χ4v) is 9.41. The minimum atomic E-state index is -0.0742. The standard InChI is InChI=1S/C48H48B2N2O2/c1-27-13-12-14-28(2)42(27)29-15-18-34-30(21-29)22-37-44-45(34)54-40-25-32(47(6,7)8)17-20-36(40)50(44)52-49-35-19-16-31(46(3,4)5)24-39(35)53-41-26-33(48(9,10)11)23-38(43(41)49)51(37)52/h12-26H,1-11H3. The topological polar surface area (TPSA) is 24.9 Å². The first kappa shape index (κ1) is 33.6. The molecular formula is C48H48B2N2O2. The van der Waals surface area contributed by atoms with Gasteiger partial charge in [0.25, 0.3) is 0 Å². The largest absolute Gasteiger partial charge is 0.458 e. The molecule has 0 radical (unpaired) electrons. The van der Waals surface area contributed by atoms with Crippen LogP contribution in [0.1, 0.15) is 90.1 Å². The molecule has 10 rings (SSSR count). The van der Waals surface area contributed by atoms with Gasteiger partial charge in [-0.15, -0.1) is 0 Å². The molecular weight excluding hydrogens is 658 g/mol. The number of ether oxygens (including phenoxy) is 2. The highest BCUT2D eigenvalue weighted by atomic mass is 16.5. The van der Waals surface area contributed by atoms with Crippen molar-refractivity contribution in [1.82, 2.24) is 4.83 Å². The van der Waals surface area contributed by atoms with Crippen LogP contribution in [0.4, 0.5) is 11.4 Å². The minimum absolute atomic E-state index is 0.00220. The van der Waals surface area contributed by atoms with Crippen molar-refractivity contribution in [2.45, 2.75) is 92.4 Å². The predicted octanol–water partition coefficient (Wildman–Crippen LogP) is 9.82. The zero-order chi connectivity index (χ0) is 37.8. The van der Waals surface area contributed by atoms with Crippen molar-refractivity contribution in [1.29, 1.82) is 0 Å². The van der Waals surface area contributed by atoms with Crippen LogP contribution in [-0.2, 0) is 16.2 Å². The van der Waals surface area contributed by atoms with Crippen LogP contribution >= 0.6 is 0 Å². The highest BCUT2D eigenvalue weighted by Crippen LogP contribution is 2.50. The van der Waals surface area contributed by atoms with E-state index in [0.717, 1.165) is 28.4 Å². The lowest BCUT2D eigenvalue weighted by molar-refractivity contribution is 0.479. The van der Waals surface area contributed by atoms with Crippen molar-refractivity contribution < 1.29 is 9.47 Å². The van der Waals surface area contributed by atoms with Crippen molar-refractivity contribution in [2.75, 3.05) is 5.01 Å². The molecule has 0 N–H and O–H groups in total. The third-order valence-electron chi connectivity index (χ3n) is 12.4. The Morgan fingerprint density at radius 3 is 1.69 bits per heavy atom. The van der Waals surface area contributed by atoms with Gasteiger partial charge in [-0.25, -0.2) is 0 Å². The molecule has 0 atom stereocenters. The fourth-order valence-electron chi connectivity index (χ4n) is 9.41. The number of hydrazine groups is 1. The van der Waals surface area contributed by atoms with Crippen LogP contribution in [-0.4, -0.2) is 18.5 Å². The first-order valence-corrected chi connectivity index (χ1v) is 19.6. The van der Waals surface area contributed by atoms with E-state index in [2.05, 4.69) is 177 Å². The lowest BCUT2D eigenvalue weighted by atomic mass is 9.38. The highest BCUT2D eigenvalue weighted by Gasteiger charge is 2.59. The number of fused-ring (bicyclic) bond motifs is 11. The number of benzene rings is 6. The summed E-state index contributed by atoms with van der Waals surface area (Å²) in [5.74, 6) is 3.83. The van der Waals surface area contributed by atoms with Gasteiger partial charge >= 0.3 is 13.7 Å². The molecule has 0 bridgehead atoms. The van der Waals surface area contributed by atoms with Crippen molar-refractivity contribution in [3.8, 4) is 34.1 Å². The van der Waals surface area contributed by atoms with Crippen molar-refractivity contribution in [3.63, 3.8) is 0 Å². The first-order valence-electron chi connectivity index (χ1n) is 19.6. The smallest absolute Gasteiger partial charge is 0.310 e. The number of hydrogen-bond acceptors (Lipinski definition) is 4. The second kappa shape index (κ2) is 10.9. The van der Waals surface area contributed by atoms with Crippen LogP contribution in [0.15, 0.2) is 91.0 Å². The summed E-state index contributed by atoms with van der Waals surface area (Å²) in [7, 11) is 0. The Hall–Kier alpha value is -4.93. The number of nitrogens with zero attached hydrogens (tertiary/aromatic N) is 2. The average Bonchev–Trinajstić information content (AvgIpc) is 3.61. The maximum Gasteiger partial charge on any atom is 0.310 e. The summed E-state index contributed by atoms with van der Waals surface area (Å²) in [5.41, 5.74) is 16.1. The molecule has 4 nitrogen and oxygen atoms in total.